The summed E-state index contributed by atoms with van der Waals surface area (Å²) in [5.41, 5.74) is 11.5. The van der Waals surface area contributed by atoms with Gasteiger partial charge in [0, 0.05) is 23.8 Å². The molecule has 336 valence electrons. The van der Waals surface area contributed by atoms with Crippen molar-refractivity contribution in [1.29, 1.82) is 0 Å². The van der Waals surface area contributed by atoms with Gasteiger partial charge in [0.05, 0.1) is 19.3 Å². The van der Waals surface area contributed by atoms with Crippen LogP contribution in [0.2, 0.25) is 0 Å². The van der Waals surface area contributed by atoms with Crippen molar-refractivity contribution < 1.29 is 58.5 Å². The van der Waals surface area contributed by atoms with Crippen LogP contribution in [0.4, 0.5) is 0 Å². The smallest absolute Gasteiger partial charge is 0.322 e. The van der Waals surface area contributed by atoms with Crippen molar-refractivity contribution in [3.8, 4) is 0 Å². The molecule has 1 aliphatic heterocycles. The van der Waals surface area contributed by atoms with Crippen LogP contribution in [0.5, 0.6) is 0 Å². The lowest BCUT2D eigenvalue weighted by molar-refractivity contribution is -0.143. The number of rotatable bonds is 28. The Morgan fingerprint density at radius 2 is 1.15 bits per heavy atom. The molecule has 0 aliphatic carbocycles. The van der Waals surface area contributed by atoms with Crippen LogP contribution in [0.3, 0.4) is 0 Å². The average molecular weight is 915 g/mol. The number of amides is 8. The van der Waals surface area contributed by atoms with Gasteiger partial charge in [-0.05, 0) is 57.1 Å². The summed E-state index contributed by atoms with van der Waals surface area (Å²) in [6.07, 6.45) is 3.57. The van der Waals surface area contributed by atoms with Gasteiger partial charge >= 0.3 is 5.97 Å². The third kappa shape index (κ3) is 18.3. The molecule has 0 spiro atoms. The largest absolute Gasteiger partial charge is 0.480 e. The molecule has 59 heavy (non-hydrogen) atoms. The number of likely N-dealkylation sites (tertiary alicyclic amines) is 1. The summed E-state index contributed by atoms with van der Waals surface area (Å²) in [7, 11) is 0. The number of unbranched alkanes of at least 4 members (excludes halogenated alkanes) is 1. The van der Waals surface area contributed by atoms with Gasteiger partial charge in [0.25, 0.3) is 0 Å². The van der Waals surface area contributed by atoms with Crippen LogP contribution in [-0.4, -0.2) is 184 Å². The molecular weight excluding hydrogens is 857 g/mol. The molecule has 8 amide bonds. The monoisotopic (exact) mass is 914 g/mol. The maximum atomic E-state index is 13.5. The lowest BCUT2D eigenvalue weighted by atomic mass is 10.1. The first-order chi connectivity index (χ1) is 28.0. The van der Waals surface area contributed by atoms with E-state index in [0.717, 1.165) is 4.90 Å². The van der Waals surface area contributed by atoms with Gasteiger partial charge in [-0.1, -0.05) is 0 Å². The maximum absolute atomic E-state index is 13.5. The van der Waals surface area contributed by atoms with Crippen molar-refractivity contribution in [1.82, 2.24) is 42.1 Å². The highest BCUT2D eigenvalue weighted by Gasteiger charge is 2.39. The molecule has 0 aromatic rings. The maximum Gasteiger partial charge on any atom is 0.322 e. The van der Waals surface area contributed by atoms with E-state index in [1.165, 1.54) is 11.8 Å². The normalized spacial score (nSPS) is 17.2. The molecule has 1 rings (SSSR count). The Labute approximate surface area is 362 Å². The van der Waals surface area contributed by atoms with Crippen LogP contribution >= 0.6 is 49.6 Å². The first-order valence-corrected chi connectivity index (χ1v) is 21.9. The Bertz CT molecular complexity index is 1450. The van der Waals surface area contributed by atoms with Gasteiger partial charge in [-0.25, -0.2) is 0 Å². The molecule has 14 N–H and O–H groups in total. The molecule has 22 nitrogen and oxygen atoms in total. The molecular formula is C33H58N10O12S4. The lowest BCUT2D eigenvalue weighted by Crippen LogP contribution is -2.61. The van der Waals surface area contributed by atoms with E-state index in [4.69, 9.17) is 16.6 Å². The van der Waals surface area contributed by atoms with Gasteiger partial charge < -0.3 is 68.9 Å². The molecule has 0 saturated carbocycles. The van der Waals surface area contributed by atoms with Crippen molar-refractivity contribution in [2.24, 2.45) is 11.5 Å². The molecule has 0 unspecified atom stereocenters. The lowest BCUT2D eigenvalue weighted by Gasteiger charge is -2.29. The van der Waals surface area contributed by atoms with Gasteiger partial charge in [0.2, 0.25) is 47.3 Å². The number of thiol groups is 3. The number of carbonyl (C=O) groups is 9. The molecule has 0 aromatic carbocycles. The molecule has 1 aliphatic rings. The average Bonchev–Trinajstić information content (AvgIpc) is 3.72. The number of carboxylic acid groups (broad SMARTS) is 1. The number of hydrogen-bond donors (Lipinski definition) is 15. The fourth-order valence-corrected chi connectivity index (χ4v) is 6.78. The zero-order chi connectivity index (χ0) is 44.7. The SMILES string of the molecule is CSCC[C@H](N)C(=O)N[C@@H](CS)C(=O)N[C@@H](CS)C(=O)N[C@@H](CO)C(=O)N[C@@H](CCCCN)C(=O)N[C@@H](CS)C(=O)N[C@@H](CO)C(=O)N1CCC[C@H]1C(=O)NCC(=O)O. The standard InChI is InChI=1S/C33H58N10O12S4/c1-59-10-7-17(35)26(48)40-21(14-56)31(53)42-22(15-57)29(51)38-19(12-44)28(50)37-18(5-2-3-8-34)27(49)41-23(16-58)30(52)39-20(13-45)33(55)43-9-4-6-24(43)32(54)36-11-25(46)47/h17-24,44-45,56-58H,2-16,34-35H2,1H3,(H,36,54)(H,37,50)(H,38,51)(H,39,52)(H,40,48)(H,41,49)(H,42,53)(H,46,47)/t17-,18-,19-,20-,21-,22-,23-,24-/m0/s1. The topological polar surface area (TPSA) is 354 Å². The second-order valence-corrected chi connectivity index (χ2v) is 15.3. The van der Waals surface area contributed by atoms with Gasteiger partial charge in [0.1, 0.15) is 48.8 Å². The summed E-state index contributed by atoms with van der Waals surface area (Å²) in [5.74, 6) is -8.11. The van der Waals surface area contributed by atoms with E-state index >= 15 is 0 Å². The summed E-state index contributed by atoms with van der Waals surface area (Å²) >= 11 is 13.8. The highest BCUT2D eigenvalue weighted by molar-refractivity contribution is 7.98. The van der Waals surface area contributed by atoms with Crippen molar-refractivity contribution in [2.45, 2.75) is 86.9 Å². The minimum atomic E-state index is -1.64. The highest BCUT2D eigenvalue weighted by Crippen LogP contribution is 2.19. The predicted octanol–water partition coefficient (Wildman–Crippen LogP) is -5.93. The number of hydrogen-bond acceptors (Lipinski definition) is 17. The number of aliphatic carboxylic acids is 1. The summed E-state index contributed by atoms with van der Waals surface area (Å²) in [6.45, 7) is -2.16. The van der Waals surface area contributed by atoms with Crippen LogP contribution in [-0.2, 0) is 43.2 Å². The molecule has 0 bridgehead atoms. The molecule has 0 radical (unpaired) electrons. The Balaban J connectivity index is 3.02. The van der Waals surface area contributed by atoms with Crippen LogP contribution in [0.25, 0.3) is 0 Å². The summed E-state index contributed by atoms with van der Waals surface area (Å²) in [4.78, 5) is 116. The number of nitrogens with two attached hydrogens (primary N) is 2. The van der Waals surface area contributed by atoms with E-state index in [0.29, 0.717) is 31.4 Å². The number of aliphatic hydroxyl groups excluding tert-OH is 2. The van der Waals surface area contributed by atoms with Gasteiger partial charge in [-0.3, -0.25) is 43.2 Å². The van der Waals surface area contributed by atoms with Crippen LogP contribution in [0, 0.1) is 0 Å². The minimum absolute atomic E-state index is 0.00703. The highest BCUT2D eigenvalue weighted by atomic mass is 32.2. The van der Waals surface area contributed by atoms with E-state index in [-0.39, 0.29) is 43.2 Å². The first kappa shape index (κ1) is 53.5. The van der Waals surface area contributed by atoms with Crippen molar-refractivity contribution >= 4 is 103 Å². The van der Waals surface area contributed by atoms with Crippen molar-refractivity contribution in [2.75, 3.05) is 62.1 Å². The quantitative estimate of drug-likeness (QED) is 0.0257. The van der Waals surface area contributed by atoms with Crippen LogP contribution in [0.15, 0.2) is 0 Å². The van der Waals surface area contributed by atoms with E-state index in [1.807, 2.05) is 6.26 Å². The van der Waals surface area contributed by atoms with Gasteiger partial charge in [0.15, 0.2) is 0 Å². The van der Waals surface area contributed by atoms with E-state index in [9.17, 15) is 53.4 Å². The van der Waals surface area contributed by atoms with E-state index < -0.39 is 121 Å². The summed E-state index contributed by atoms with van der Waals surface area (Å²) < 4.78 is 0. The number of nitrogens with one attached hydrogen (secondary N) is 7. The zero-order valence-electron chi connectivity index (χ0n) is 32.6. The first-order valence-electron chi connectivity index (χ1n) is 18.6. The number of nitrogens with zero attached hydrogens (tertiary/aromatic N) is 1. The van der Waals surface area contributed by atoms with E-state index in [1.54, 1.807) is 0 Å². The fourth-order valence-electron chi connectivity index (χ4n) is 5.52. The summed E-state index contributed by atoms with van der Waals surface area (Å²) in [6, 6.07) is -10.4. The minimum Gasteiger partial charge on any atom is -0.480 e. The number of carboxylic acids is 1. The second kappa shape index (κ2) is 28.9. The van der Waals surface area contributed by atoms with Crippen LogP contribution in [0.1, 0.15) is 38.5 Å². The second-order valence-electron chi connectivity index (χ2n) is 13.3. The van der Waals surface area contributed by atoms with E-state index in [2.05, 4.69) is 75.1 Å². The molecule has 1 fully saturated rings. The number of thioether (sulfide) groups is 1. The third-order valence-electron chi connectivity index (χ3n) is 8.86. The number of aliphatic hydroxyl groups is 2. The zero-order valence-corrected chi connectivity index (χ0v) is 36.1. The molecule has 1 heterocycles. The Morgan fingerprint density at radius 3 is 1.63 bits per heavy atom. The van der Waals surface area contributed by atoms with Gasteiger partial charge in [-0.2, -0.15) is 49.6 Å². The van der Waals surface area contributed by atoms with Crippen LogP contribution < -0.4 is 48.7 Å². The Kier molecular flexibility index (Phi) is 26.2. The number of carbonyl (C=O) groups excluding carboxylic acids is 8. The third-order valence-corrected chi connectivity index (χ3v) is 10.6. The molecule has 1 saturated heterocycles. The molecule has 0 aromatic heterocycles. The Morgan fingerprint density at radius 1 is 0.695 bits per heavy atom. The predicted molar refractivity (Wildman–Crippen MR) is 227 cm³/mol. The van der Waals surface area contributed by atoms with Crippen molar-refractivity contribution in [3.63, 3.8) is 0 Å². The fraction of sp³-hybridized carbons (Fsp3) is 0.727. The molecule has 8 atom stereocenters. The Hall–Kier alpha value is -3.53. The van der Waals surface area contributed by atoms with Gasteiger partial charge in [-0.15, -0.1) is 0 Å². The van der Waals surface area contributed by atoms with Crippen molar-refractivity contribution in [3.05, 3.63) is 0 Å². The summed E-state index contributed by atoms with van der Waals surface area (Å²) in [5, 5.41) is 45.5. The molecule has 26 heteroatoms.